The number of nitro benzene ring substituents is 1. The summed E-state index contributed by atoms with van der Waals surface area (Å²) in [5.41, 5.74) is 1.26. The Kier molecular flexibility index (Phi) is 5.22. The van der Waals surface area contributed by atoms with E-state index >= 15 is 0 Å². The van der Waals surface area contributed by atoms with Crippen LogP contribution in [0.3, 0.4) is 0 Å². The van der Waals surface area contributed by atoms with Gasteiger partial charge < -0.3 is 5.32 Å². The average molecular weight is 435 g/mol. The summed E-state index contributed by atoms with van der Waals surface area (Å²) < 4.78 is 1.44. The molecule has 4 aromatic rings. The van der Waals surface area contributed by atoms with Crippen LogP contribution in [0.2, 0.25) is 5.02 Å². The standard InChI is InChI=1S/C22H15ClN4O4/c1-13-24-19-5-3-2-4-17(19)22(29)26(13)16-10-11-18(23)20(12-16)25-21(28)14-6-8-15(9-7-14)27(30)31/h2-12H,1H3,(H,25,28). The first kappa shape index (κ1) is 20.2. The van der Waals surface area contributed by atoms with Crippen LogP contribution in [0.25, 0.3) is 16.6 Å². The van der Waals surface area contributed by atoms with Gasteiger partial charge in [-0.05, 0) is 49.4 Å². The predicted octanol–water partition coefficient (Wildman–Crippen LogP) is 4.51. The third-order valence-corrected chi connectivity index (χ3v) is 5.07. The molecule has 0 saturated carbocycles. The van der Waals surface area contributed by atoms with Crippen LogP contribution in [0.5, 0.6) is 0 Å². The fourth-order valence-corrected chi connectivity index (χ4v) is 3.39. The van der Waals surface area contributed by atoms with Gasteiger partial charge in [-0.3, -0.25) is 24.3 Å². The number of hydrogen-bond acceptors (Lipinski definition) is 5. The first-order valence-electron chi connectivity index (χ1n) is 9.19. The van der Waals surface area contributed by atoms with Crippen molar-refractivity contribution >= 4 is 39.8 Å². The van der Waals surface area contributed by atoms with Crippen molar-refractivity contribution in [2.75, 3.05) is 5.32 Å². The minimum absolute atomic E-state index is 0.116. The molecule has 8 nitrogen and oxygen atoms in total. The van der Waals surface area contributed by atoms with E-state index in [9.17, 15) is 19.7 Å². The maximum atomic E-state index is 13.0. The molecule has 0 aliphatic rings. The summed E-state index contributed by atoms with van der Waals surface area (Å²) in [6.45, 7) is 1.72. The molecule has 0 spiro atoms. The lowest BCUT2D eigenvalue weighted by Crippen LogP contribution is -2.22. The number of halogens is 1. The third-order valence-electron chi connectivity index (χ3n) is 4.74. The number of benzene rings is 3. The number of hydrogen-bond donors (Lipinski definition) is 1. The molecule has 1 aromatic heterocycles. The van der Waals surface area contributed by atoms with E-state index < -0.39 is 10.8 Å². The molecule has 31 heavy (non-hydrogen) atoms. The zero-order valence-corrected chi connectivity index (χ0v) is 17.0. The van der Waals surface area contributed by atoms with Gasteiger partial charge in [-0.15, -0.1) is 0 Å². The van der Waals surface area contributed by atoms with Crippen LogP contribution >= 0.6 is 11.6 Å². The fourth-order valence-electron chi connectivity index (χ4n) is 3.22. The second-order valence-electron chi connectivity index (χ2n) is 6.74. The number of carbonyl (C=O) groups is 1. The van der Waals surface area contributed by atoms with Crippen molar-refractivity contribution < 1.29 is 9.72 Å². The zero-order chi connectivity index (χ0) is 22.1. The molecule has 1 N–H and O–H groups in total. The molecule has 0 radical (unpaired) electrons. The van der Waals surface area contributed by atoms with Crippen LogP contribution in [0.15, 0.2) is 71.5 Å². The number of anilines is 1. The summed E-state index contributed by atoms with van der Waals surface area (Å²) >= 11 is 6.25. The molecule has 0 unspecified atom stereocenters. The summed E-state index contributed by atoms with van der Waals surface area (Å²) in [6, 6.07) is 17.1. The molecule has 0 fully saturated rings. The van der Waals surface area contributed by atoms with Crippen molar-refractivity contribution in [3.63, 3.8) is 0 Å². The SMILES string of the molecule is Cc1nc2ccccc2c(=O)n1-c1ccc(Cl)c(NC(=O)c2ccc([N+](=O)[O-])cc2)c1. The lowest BCUT2D eigenvalue weighted by molar-refractivity contribution is -0.384. The highest BCUT2D eigenvalue weighted by Crippen LogP contribution is 2.26. The number of aryl methyl sites for hydroxylation is 1. The number of fused-ring (bicyclic) bond motifs is 1. The Hall–Kier alpha value is -4.04. The van der Waals surface area contributed by atoms with Gasteiger partial charge in [-0.1, -0.05) is 23.7 Å². The minimum Gasteiger partial charge on any atom is -0.321 e. The van der Waals surface area contributed by atoms with Gasteiger partial charge in [-0.25, -0.2) is 4.98 Å². The normalized spacial score (nSPS) is 10.8. The average Bonchev–Trinajstić information content (AvgIpc) is 2.76. The topological polar surface area (TPSA) is 107 Å². The number of para-hydroxylation sites is 1. The van der Waals surface area contributed by atoms with Gasteiger partial charge in [-0.2, -0.15) is 0 Å². The van der Waals surface area contributed by atoms with E-state index in [4.69, 9.17) is 11.6 Å². The third kappa shape index (κ3) is 3.88. The molecule has 0 aliphatic carbocycles. The maximum absolute atomic E-state index is 13.0. The number of aromatic nitrogens is 2. The quantitative estimate of drug-likeness (QED) is 0.375. The Bertz CT molecular complexity index is 1400. The van der Waals surface area contributed by atoms with Crippen LogP contribution in [0, 0.1) is 17.0 Å². The lowest BCUT2D eigenvalue weighted by Gasteiger charge is -2.14. The monoisotopic (exact) mass is 434 g/mol. The van der Waals surface area contributed by atoms with Crippen LogP contribution in [-0.2, 0) is 0 Å². The maximum Gasteiger partial charge on any atom is 0.269 e. The van der Waals surface area contributed by atoms with Gasteiger partial charge in [0.2, 0.25) is 0 Å². The molecule has 0 saturated heterocycles. The first-order chi connectivity index (χ1) is 14.8. The van der Waals surface area contributed by atoms with Crippen LogP contribution in [0.1, 0.15) is 16.2 Å². The molecular formula is C22H15ClN4O4. The highest BCUT2D eigenvalue weighted by atomic mass is 35.5. The van der Waals surface area contributed by atoms with Gasteiger partial charge in [0.1, 0.15) is 5.82 Å². The number of rotatable bonds is 4. The smallest absolute Gasteiger partial charge is 0.269 e. The van der Waals surface area contributed by atoms with Gasteiger partial charge in [0, 0.05) is 17.7 Å². The molecule has 0 atom stereocenters. The van der Waals surface area contributed by atoms with Crippen LogP contribution in [0.4, 0.5) is 11.4 Å². The molecule has 1 heterocycles. The predicted molar refractivity (Wildman–Crippen MR) is 118 cm³/mol. The summed E-state index contributed by atoms with van der Waals surface area (Å²) in [5, 5.41) is 14.2. The van der Waals surface area contributed by atoms with Crippen molar-refractivity contribution in [2.45, 2.75) is 6.92 Å². The number of nitro groups is 1. The fraction of sp³-hybridized carbons (Fsp3) is 0.0455. The Labute approximate surface area is 180 Å². The van der Waals surface area contributed by atoms with Crippen molar-refractivity contribution in [1.29, 1.82) is 0 Å². The Morgan fingerprint density at radius 3 is 2.52 bits per heavy atom. The van der Waals surface area contributed by atoms with Gasteiger partial charge in [0.05, 0.1) is 32.2 Å². The molecule has 4 rings (SSSR count). The van der Waals surface area contributed by atoms with Gasteiger partial charge in [0.15, 0.2) is 0 Å². The Balaban J connectivity index is 1.71. The molecular weight excluding hydrogens is 420 g/mol. The molecule has 0 bridgehead atoms. The highest BCUT2D eigenvalue weighted by Gasteiger charge is 2.14. The summed E-state index contributed by atoms with van der Waals surface area (Å²) in [6.07, 6.45) is 0. The molecule has 154 valence electrons. The number of nitrogens with one attached hydrogen (secondary N) is 1. The molecule has 9 heteroatoms. The summed E-state index contributed by atoms with van der Waals surface area (Å²) in [5.74, 6) is -0.00618. The Morgan fingerprint density at radius 2 is 1.81 bits per heavy atom. The van der Waals surface area contributed by atoms with Gasteiger partial charge in [0.25, 0.3) is 17.2 Å². The second-order valence-corrected chi connectivity index (χ2v) is 7.15. The van der Waals surface area contributed by atoms with Crippen molar-refractivity contribution in [3.05, 3.63) is 104 Å². The van der Waals surface area contributed by atoms with Crippen molar-refractivity contribution in [3.8, 4) is 5.69 Å². The van der Waals surface area contributed by atoms with Gasteiger partial charge >= 0.3 is 0 Å². The van der Waals surface area contributed by atoms with E-state index in [2.05, 4.69) is 10.3 Å². The highest BCUT2D eigenvalue weighted by molar-refractivity contribution is 6.34. The van der Waals surface area contributed by atoms with E-state index in [0.29, 0.717) is 28.1 Å². The van der Waals surface area contributed by atoms with E-state index in [-0.39, 0.29) is 21.8 Å². The van der Waals surface area contributed by atoms with E-state index in [0.717, 1.165) is 0 Å². The first-order valence-corrected chi connectivity index (χ1v) is 9.57. The van der Waals surface area contributed by atoms with E-state index in [1.807, 2.05) is 6.07 Å². The summed E-state index contributed by atoms with van der Waals surface area (Å²) in [7, 11) is 0. The van der Waals surface area contributed by atoms with Crippen LogP contribution in [-0.4, -0.2) is 20.4 Å². The molecule has 1 amide bonds. The zero-order valence-electron chi connectivity index (χ0n) is 16.2. The number of amides is 1. The van der Waals surface area contributed by atoms with Crippen molar-refractivity contribution in [1.82, 2.24) is 9.55 Å². The Morgan fingerprint density at radius 1 is 1.10 bits per heavy atom. The number of non-ortho nitro benzene ring substituents is 1. The number of nitrogens with zero attached hydrogens (tertiary/aromatic N) is 3. The number of carbonyl (C=O) groups excluding carboxylic acids is 1. The van der Waals surface area contributed by atoms with Crippen molar-refractivity contribution in [2.24, 2.45) is 0 Å². The second kappa shape index (κ2) is 8.00. The molecule has 0 aliphatic heterocycles. The van der Waals surface area contributed by atoms with Crippen LogP contribution < -0.4 is 10.9 Å². The lowest BCUT2D eigenvalue weighted by atomic mass is 10.2. The van der Waals surface area contributed by atoms with E-state index in [1.165, 1.54) is 28.8 Å². The minimum atomic E-state index is -0.542. The van der Waals surface area contributed by atoms with E-state index in [1.54, 1.807) is 43.3 Å². The summed E-state index contributed by atoms with van der Waals surface area (Å²) in [4.78, 5) is 40.3. The molecule has 3 aromatic carbocycles. The largest absolute Gasteiger partial charge is 0.321 e.